The fourth-order valence-electron chi connectivity index (χ4n) is 4.39. The predicted octanol–water partition coefficient (Wildman–Crippen LogP) is 4.44. The molecular weight excluding hydrogens is 402 g/mol. The number of aromatic nitrogens is 1. The third-order valence-corrected chi connectivity index (χ3v) is 5.87. The van der Waals surface area contributed by atoms with E-state index in [4.69, 9.17) is 9.40 Å². The van der Waals surface area contributed by atoms with Gasteiger partial charge in [0.15, 0.2) is 0 Å². The second kappa shape index (κ2) is 8.57. The number of aliphatic hydroxyl groups is 1. The molecule has 1 amide bonds. The number of nitrogens with one attached hydrogen (secondary N) is 2. The SMILES string of the molecule is CCNC(=O)c1cc2c(c(-c3cccc(-c4cc5ccccc5o4)c3)n1)[C@@H](CCO)NC2. The summed E-state index contributed by atoms with van der Waals surface area (Å²) in [5.41, 5.74) is 5.97. The standard InChI is InChI=1S/C26H25N3O3/c1-2-27-26(31)21-13-19-15-28-20(10-11-30)24(19)25(29-21)18-8-5-7-16(12-18)23-14-17-6-3-4-9-22(17)32-23/h3-9,12-14,20,28,30H,2,10-11,15H2,1H3,(H,27,31)/t20-/m1/s1. The molecule has 0 saturated carbocycles. The van der Waals surface area contributed by atoms with Crippen molar-refractivity contribution in [3.05, 3.63) is 77.5 Å². The molecule has 3 heterocycles. The van der Waals surface area contributed by atoms with E-state index in [1.165, 1.54) is 0 Å². The Balaban J connectivity index is 1.63. The molecule has 0 saturated heterocycles. The number of fused-ring (bicyclic) bond motifs is 2. The van der Waals surface area contributed by atoms with Crippen LogP contribution in [0.5, 0.6) is 0 Å². The van der Waals surface area contributed by atoms with Crippen molar-refractivity contribution in [2.75, 3.05) is 13.2 Å². The molecule has 2 aromatic carbocycles. The minimum Gasteiger partial charge on any atom is -0.456 e. The number of nitrogens with zero attached hydrogens (tertiary/aromatic N) is 1. The van der Waals surface area contributed by atoms with Crippen molar-refractivity contribution in [3.8, 4) is 22.6 Å². The summed E-state index contributed by atoms with van der Waals surface area (Å²) in [4.78, 5) is 17.4. The van der Waals surface area contributed by atoms with Crippen molar-refractivity contribution >= 4 is 16.9 Å². The van der Waals surface area contributed by atoms with Gasteiger partial charge in [-0.3, -0.25) is 4.79 Å². The Morgan fingerprint density at radius 2 is 2.00 bits per heavy atom. The van der Waals surface area contributed by atoms with Crippen LogP contribution in [0.4, 0.5) is 0 Å². The van der Waals surface area contributed by atoms with Gasteiger partial charge in [0, 0.05) is 42.3 Å². The van der Waals surface area contributed by atoms with Gasteiger partial charge in [-0.15, -0.1) is 0 Å². The van der Waals surface area contributed by atoms with Gasteiger partial charge in [0.1, 0.15) is 17.0 Å². The van der Waals surface area contributed by atoms with Crippen molar-refractivity contribution in [2.24, 2.45) is 0 Å². The first-order valence-electron chi connectivity index (χ1n) is 10.9. The molecule has 2 aromatic heterocycles. The smallest absolute Gasteiger partial charge is 0.269 e. The third kappa shape index (κ3) is 3.68. The number of aliphatic hydroxyl groups excluding tert-OH is 1. The Hall–Kier alpha value is -3.48. The maximum Gasteiger partial charge on any atom is 0.269 e. The van der Waals surface area contributed by atoms with Crippen LogP contribution in [0.25, 0.3) is 33.6 Å². The second-order valence-electron chi connectivity index (χ2n) is 7.96. The van der Waals surface area contributed by atoms with Gasteiger partial charge < -0.3 is 20.2 Å². The molecule has 1 aliphatic rings. The molecule has 1 aliphatic heterocycles. The Kier molecular flexibility index (Phi) is 5.47. The lowest BCUT2D eigenvalue weighted by Gasteiger charge is -2.16. The highest BCUT2D eigenvalue weighted by molar-refractivity contribution is 5.93. The molecule has 0 bridgehead atoms. The normalized spacial score (nSPS) is 15.1. The van der Waals surface area contributed by atoms with E-state index < -0.39 is 0 Å². The first kappa shape index (κ1) is 20.4. The Bertz CT molecular complexity index is 1260. The molecule has 6 nitrogen and oxygen atoms in total. The van der Waals surface area contributed by atoms with Crippen molar-refractivity contribution in [2.45, 2.75) is 25.9 Å². The maximum absolute atomic E-state index is 12.6. The van der Waals surface area contributed by atoms with E-state index >= 15 is 0 Å². The molecule has 3 N–H and O–H groups in total. The number of para-hydroxylation sites is 1. The zero-order valence-electron chi connectivity index (χ0n) is 17.9. The zero-order valence-corrected chi connectivity index (χ0v) is 17.9. The Morgan fingerprint density at radius 1 is 1.16 bits per heavy atom. The molecular formula is C26H25N3O3. The van der Waals surface area contributed by atoms with Crippen LogP contribution in [0.2, 0.25) is 0 Å². The van der Waals surface area contributed by atoms with Crippen LogP contribution in [0.1, 0.15) is 41.0 Å². The summed E-state index contributed by atoms with van der Waals surface area (Å²) >= 11 is 0. The minimum atomic E-state index is -0.185. The molecule has 32 heavy (non-hydrogen) atoms. The van der Waals surface area contributed by atoms with E-state index in [0.717, 1.165) is 44.7 Å². The van der Waals surface area contributed by atoms with E-state index in [1.54, 1.807) is 0 Å². The van der Waals surface area contributed by atoms with Gasteiger partial charge >= 0.3 is 0 Å². The van der Waals surface area contributed by atoms with Crippen molar-refractivity contribution in [3.63, 3.8) is 0 Å². The van der Waals surface area contributed by atoms with E-state index in [9.17, 15) is 9.90 Å². The quantitative estimate of drug-likeness (QED) is 0.424. The van der Waals surface area contributed by atoms with Crippen molar-refractivity contribution in [1.82, 2.24) is 15.6 Å². The van der Waals surface area contributed by atoms with Crippen LogP contribution in [0, 0.1) is 0 Å². The summed E-state index contributed by atoms with van der Waals surface area (Å²) < 4.78 is 6.06. The summed E-state index contributed by atoms with van der Waals surface area (Å²) in [7, 11) is 0. The molecule has 1 atom stereocenters. The highest BCUT2D eigenvalue weighted by Crippen LogP contribution is 2.37. The first-order valence-corrected chi connectivity index (χ1v) is 10.9. The van der Waals surface area contributed by atoms with Crippen LogP contribution in [-0.4, -0.2) is 29.1 Å². The molecule has 0 unspecified atom stereocenters. The van der Waals surface area contributed by atoms with Gasteiger partial charge in [0.05, 0.1) is 5.69 Å². The van der Waals surface area contributed by atoms with Gasteiger partial charge in [-0.25, -0.2) is 4.98 Å². The number of carbonyl (C=O) groups excluding carboxylic acids is 1. The summed E-state index contributed by atoms with van der Waals surface area (Å²) in [5.74, 6) is 0.602. The summed E-state index contributed by atoms with van der Waals surface area (Å²) in [6.07, 6.45) is 0.589. The fourth-order valence-corrected chi connectivity index (χ4v) is 4.39. The number of amides is 1. The van der Waals surface area contributed by atoms with E-state index in [1.807, 2.05) is 61.5 Å². The Labute approximate surface area is 186 Å². The highest BCUT2D eigenvalue weighted by Gasteiger charge is 2.28. The molecule has 6 heteroatoms. The third-order valence-electron chi connectivity index (χ3n) is 5.87. The highest BCUT2D eigenvalue weighted by atomic mass is 16.3. The fraction of sp³-hybridized carbons (Fsp3) is 0.231. The number of rotatable bonds is 6. The zero-order chi connectivity index (χ0) is 22.1. The summed E-state index contributed by atoms with van der Waals surface area (Å²) in [6.45, 7) is 3.15. The monoisotopic (exact) mass is 427 g/mol. The number of benzene rings is 2. The number of hydrogen-bond acceptors (Lipinski definition) is 5. The minimum absolute atomic E-state index is 0.00403. The van der Waals surface area contributed by atoms with E-state index in [2.05, 4.69) is 16.7 Å². The van der Waals surface area contributed by atoms with E-state index in [0.29, 0.717) is 25.2 Å². The lowest BCUT2D eigenvalue weighted by atomic mass is 9.95. The predicted molar refractivity (Wildman–Crippen MR) is 124 cm³/mol. The second-order valence-corrected chi connectivity index (χ2v) is 7.96. The largest absolute Gasteiger partial charge is 0.456 e. The van der Waals surface area contributed by atoms with Gasteiger partial charge in [0.25, 0.3) is 5.91 Å². The Morgan fingerprint density at radius 3 is 2.81 bits per heavy atom. The van der Waals surface area contributed by atoms with Gasteiger partial charge in [-0.2, -0.15) is 0 Å². The number of pyridine rings is 1. The average molecular weight is 428 g/mol. The molecule has 0 fully saturated rings. The van der Waals surface area contributed by atoms with E-state index in [-0.39, 0.29) is 18.6 Å². The van der Waals surface area contributed by atoms with Crippen LogP contribution in [0.3, 0.4) is 0 Å². The van der Waals surface area contributed by atoms with Crippen LogP contribution >= 0.6 is 0 Å². The van der Waals surface area contributed by atoms with Gasteiger partial charge in [-0.05, 0) is 48.7 Å². The summed E-state index contributed by atoms with van der Waals surface area (Å²) in [6, 6.07) is 19.9. The van der Waals surface area contributed by atoms with Crippen LogP contribution in [-0.2, 0) is 6.54 Å². The first-order chi connectivity index (χ1) is 15.7. The molecule has 0 spiro atoms. The summed E-state index contributed by atoms with van der Waals surface area (Å²) in [5, 5.41) is 16.9. The van der Waals surface area contributed by atoms with Crippen LogP contribution in [0.15, 0.2) is 65.1 Å². The lowest BCUT2D eigenvalue weighted by Crippen LogP contribution is -2.24. The topological polar surface area (TPSA) is 87.4 Å². The molecule has 0 radical (unpaired) electrons. The van der Waals surface area contributed by atoms with Gasteiger partial charge in [-0.1, -0.05) is 36.4 Å². The number of carbonyl (C=O) groups is 1. The maximum atomic E-state index is 12.6. The number of hydrogen-bond donors (Lipinski definition) is 3. The average Bonchev–Trinajstić information content (AvgIpc) is 3.43. The number of furan rings is 1. The molecule has 5 rings (SSSR count). The molecule has 162 valence electrons. The van der Waals surface area contributed by atoms with Gasteiger partial charge in [0.2, 0.25) is 0 Å². The molecule has 0 aliphatic carbocycles. The van der Waals surface area contributed by atoms with Crippen molar-refractivity contribution < 1.29 is 14.3 Å². The molecule has 4 aromatic rings. The van der Waals surface area contributed by atoms with Crippen molar-refractivity contribution in [1.29, 1.82) is 0 Å². The van der Waals surface area contributed by atoms with Crippen LogP contribution < -0.4 is 10.6 Å². The lowest BCUT2D eigenvalue weighted by molar-refractivity contribution is 0.0951.